The maximum Gasteiger partial charge on any atom is 0.191 e. The van der Waals surface area contributed by atoms with E-state index in [1.165, 1.54) is 0 Å². The number of guanidine groups is 1. The Bertz CT molecular complexity index is 469. The Morgan fingerprint density at radius 1 is 1.26 bits per heavy atom. The standard InChI is InChI=1S/C16H30N4O2S/c1-16(2,3)14-20-13(12-23-14)11-19-15(17-4)18-7-6-8-22-10-9-21-5/h12H,6-11H2,1-5H3,(H2,17,18,19). The van der Waals surface area contributed by atoms with Gasteiger partial charge < -0.3 is 20.1 Å². The Balaban J connectivity index is 2.23. The molecule has 0 saturated carbocycles. The van der Waals surface area contributed by atoms with Gasteiger partial charge in [-0.05, 0) is 6.42 Å². The van der Waals surface area contributed by atoms with Crippen LogP contribution in [0.2, 0.25) is 0 Å². The quantitative estimate of drug-likeness (QED) is 0.409. The van der Waals surface area contributed by atoms with Crippen molar-refractivity contribution in [3.63, 3.8) is 0 Å². The molecule has 0 spiro atoms. The smallest absolute Gasteiger partial charge is 0.191 e. The van der Waals surface area contributed by atoms with Crippen molar-refractivity contribution in [2.45, 2.75) is 39.2 Å². The summed E-state index contributed by atoms with van der Waals surface area (Å²) in [6.07, 6.45) is 0.926. The topological polar surface area (TPSA) is 67.8 Å². The van der Waals surface area contributed by atoms with E-state index in [4.69, 9.17) is 9.47 Å². The number of thiazole rings is 1. The lowest BCUT2D eigenvalue weighted by atomic mass is 9.98. The molecule has 7 heteroatoms. The molecule has 0 atom stereocenters. The molecular formula is C16H30N4O2S. The lowest BCUT2D eigenvalue weighted by molar-refractivity contribution is 0.0698. The van der Waals surface area contributed by atoms with Crippen LogP contribution in [0.25, 0.3) is 0 Å². The number of nitrogens with one attached hydrogen (secondary N) is 2. The molecule has 6 nitrogen and oxygen atoms in total. The van der Waals surface area contributed by atoms with E-state index < -0.39 is 0 Å². The van der Waals surface area contributed by atoms with Gasteiger partial charge in [0.15, 0.2) is 5.96 Å². The molecule has 0 fully saturated rings. The van der Waals surface area contributed by atoms with Crippen LogP contribution in [0.1, 0.15) is 37.9 Å². The number of methoxy groups -OCH3 is 1. The summed E-state index contributed by atoms with van der Waals surface area (Å²) in [5.41, 5.74) is 1.15. The van der Waals surface area contributed by atoms with Crippen molar-refractivity contribution >= 4 is 17.3 Å². The fourth-order valence-corrected chi connectivity index (χ4v) is 2.66. The highest BCUT2D eigenvalue weighted by Gasteiger charge is 2.17. The van der Waals surface area contributed by atoms with Gasteiger partial charge in [-0.2, -0.15) is 0 Å². The maximum absolute atomic E-state index is 5.42. The monoisotopic (exact) mass is 342 g/mol. The second-order valence-electron chi connectivity index (χ2n) is 6.21. The van der Waals surface area contributed by atoms with Gasteiger partial charge in [0.2, 0.25) is 0 Å². The molecule has 132 valence electrons. The molecule has 1 heterocycles. The van der Waals surface area contributed by atoms with E-state index in [9.17, 15) is 0 Å². The summed E-state index contributed by atoms with van der Waals surface area (Å²) in [6.45, 7) is 10.0. The minimum Gasteiger partial charge on any atom is -0.382 e. The van der Waals surface area contributed by atoms with Crippen molar-refractivity contribution in [1.29, 1.82) is 0 Å². The van der Waals surface area contributed by atoms with Crippen LogP contribution < -0.4 is 10.6 Å². The fraction of sp³-hybridized carbons (Fsp3) is 0.750. The third-order valence-electron chi connectivity index (χ3n) is 3.04. The number of hydrogen-bond donors (Lipinski definition) is 2. The van der Waals surface area contributed by atoms with Crippen LogP contribution in [-0.2, 0) is 21.4 Å². The van der Waals surface area contributed by atoms with Crippen molar-refractivity contribution in [2.75, 3.05) is 40.5 Å². The molecule has 0 bridgehead atoms. The number of aromatic nitrogens is 1. The second kappa shape index (κ2) is 10.6. The molecule has 0 saturated heterocycles. The number of ether oxygens (including phenoxy) is 2. The Morgan fingerprint density at radius 2 is 2.04 bits per heavy atom. The molecule has 0 aromatic carbocycles. The van der Waals surface area contributed by atoms with Crippen LogP contribution in [0.3, 0.4) is 0 Å². The summed E-state index contributed by atoms with van der Waals surface area (Å²) in [7, 11) is 3.44. The van der Waals surface area contributed by atoms with E-state index in [0.29, 0.717) is 26.4 Å². The van der Waals surface area contributed by atoms with Gasteiger partial charge >= 0.3 is 0 Å². The largest absolute Gasteiger partial charge is 0.382 e. The molecule has 0 unspecified atom stereocenters. The second-order valence-corrected chi connectivity index (χ2v) is 7.06. The van der Waals surface area contributed by atoms with Gasteiger partial charge in [-0.25, -0.2) is 4.98 Å². The van der Waals surface area contributed by atoms with Crippen LogP contribution in [0, 0.1) is 0 Å². The highest BCUT2D eigenvalue weighted by atomic mass is 32.1. The Labute approximate surface area is 143 Å². The highest BCUT2D eigenvalue weighted by molar-refractivity contribution is 7.09. The van der Waals surface area contributed by atoms with E-state index in [1.807, 2.05) is 0 Å². The normalized spacial score (nSPS) is 12.5. The molecule has 1 aromatic rings. The predicted molar refractivity (Wildman–Crippen MR) is 96.3 cm³/mol. The molecular weight excluding hydrogens is 312 g/mol. The first-order chi connectivity index (χ1) is 11.0. The average molecular weight is 343 g/mol. The summed E-state index contributed by atoms with van der Waals surface area (Å²) in [4.78, 5) is 8.88. The van der Waals surface area contributed by atoms with Gasteiger partial charge in [-0.3, -0.25) is 4.99 Å². The summed E-state index contributed by atoms with van der Waals surface area (Å²) in [5.74, 6) is 0.784. The molecule has 0 amide bonds. The van der Waals surface area contributed by atoms with Crippen molar-refractivity contribution in [3.8, 4) is 0 Å². The van der Waals surface area contributed by atoms with Crippen LogP contribution in [0.15, 0.2) is 10.4 Å². The van der Waals surface area contributed by atoms with Crippen molar-refractivity contribution in [1.82, 2.24) is 15.6 Å². The minimum atomic E-state index is 0.103. The first-order valence-electron chi connectivity index (χ1n) is 7.93. The molecule has 0 radical (unpaired) electrons. The predicted octanol–water partition coefficient (Wildman–Crippen LogP) is 2.16. The molecule has 0 aliphatic heterocycles. The first kappa shape index (κ1) is 19.9. The summed E-state index contributed by atoms with van der Waals surface area (Å²) >= 11 is 1.71. The van der Waals surface area contributed by atoms with E-state index in [1.54, 1.807) is 25.5 Å². The Hall–Kier alpha value is -1.18. The summed E-state index contributed by atoms with van der Waals surface area (Å²) in [6, 6.07) is 0. The lowest BCUT2D eigenvalue weighted by Crippen LogP contribution is -2.37. The van der Waals surface area contributed by atoms with Gasteiger partial charge in [0.1, 0.15) is 0 Å². The molecule has 2 N–H and O–H groups in total. The van der Waals surface area contributed by atoms with Gasteiger partial charge in [0.05, 0.1) is 30.5 Å². The molecule has 1 aromatic heterocycles. The fourth-order valence-electron chi connectivity index (χ4n) is 1.75. The van der Waals surface area contributed by atoms with Crippen LogP contribution in [0.4, 0.5) is 0 Å². The zero-order valence-electron chi connectivity index (χ0n) is 14.9. The summed E-state index contributed by atoms with van der Waals surface area (Å²) in [5, 5.41) is 9.81. The van der Waals surface area contributed by atoms with Gasteiger partial charge in [0, 0.05) is 38.1 Å². The van der Waals surface area contributed by atoms with Crippen LogP contribution in [-0.4, -0.2) is 51.5 Å². The third kappa shape index (κ3) is 8.29. The zero-order chi connectivity index (χ0) is 17.1. The maximum atomic E-state index is 5.42. The van der Waals surface area contributed by atoms with E-state index >= 15 is 0 Å². The van der Waals surface area contributed by atoms with Crippen LogP contribution in [0.5, 0.6) is 0 Å². The molecule has 1 rings (SSSR count). The minimum absolute atomic E-state index is 0.103. The molecule has 0 aliphatic carbocycles. The zero-order valence-corrected chi connectivity index (χ0v) is 15.8. The van der Waals surface area contributed by atoms with Crippen LogP contribution >= 0.6 is 11.3 Å². The number of aliphatic imine (C=N–C) groups is 1. The highest BCUT2D eigenvalue weighted by Crippen LogP contribution is 2.25. The number of nitrogens with zero attached hydrogens (tertiary/aromatic N) is 2. The van der Waals surface area contributed by atoms with Crippen molar-refractivity contribution < 1.29 is 9.47 Å². The van der Waals surface area contributed by atoms with Gasteiger partial charge in [-0.1, -0.05) is 20.8 Å². The van der Waals surface area contributed by atoms with Crippen molar-refractivity contribution in [3.05, 3.63) is 16.1 Å². The first-order valence-corrected chi connectivity index (χ1v) is 8.81. The average Bonchev–Trinajstić information content (AvgIpc) is 2.98. The Morgan fingerprint density at radius 3 is 2.65 bits per heavy atom. The lowest BCUT2D eigenvalue weighted by Gasteiger charge is -2.14. The van der Waals surface area contributed by atoms with E-state index in [0.717, 1.165) is 29.6 Å². The molecule has 23 heavy (non-hydrogen) atoms. The summed E-state index contributed by atoms with van der Waals surface area (Å²) < 4.78 is 10.3. The number of hydrogen-bond acceptors (Lipinski definition) is 5. The Kier molecular flexibility index (Phi) is 9.13. The molecule has 0 aliphatic rings. The number of rotatable bonds is 9. The van der Waals surface area contributed by atoms with E-state index in [2.05, 4.69) is 46.8 Å². The van der Waals surface area contributed by atoms with Gasteiger partial charge in [-0.15, -0.1) is 11.3 Å². The van der Waals surface area contributed by atoms with Gasteiger partial charge in [0.25, 0.3) is 0 Å². The third-order valence-corrected chi connectivity index (χ3v) is 4.36. The van der Waals surface area contributed by atoms with E-state index in [-0.39, 0.29) is 5.41 Å². The SMILES string of the molecule is CN=C(NCCCOCCOC)NCc1csc(C(C)(C)C)n1. The van der Waals surface area contributed by atoms with Crippen molar-refractivity contribution in [2.24, 2.45) is 4.99 Å².